The van der Waals surface area contributed by atoms with Gasteiger partial charge in [0.2, 0.25) is 11.7 Å². The van der Waals surface area contributed by atoms with Gasteiger partial charge in [-0.15, -0.1) is 0 Å². The Hall–Kier alpha value is -3.62. The number of hydrogen-bond donors (Lipinski definition) is 1. The van der Waals surface area contributed by atoms with Crippen LogP contribution in [0.1, 0.15) is 45.1 Å². The van der Waals surface area contributed by atoms with Gasteiger partial charge in [0, 0.05) is 13.1 Å². The Kier molecular flexibility index (Phi) is 5.98. The van der Waals surface area contributed by atoms with Crippen molar-refractivity contribution >= 4 is 16.9 Å². The maximum Gasteiger partial charge on any atom is 0.332 e. The largest absolute Gasteiger partial charge is 0.494 e. The highest BCUT2D eigenvalue weighted by Crippen LogP contribution is 2.19. The fraction of sp³-hybridized carbons (Fsp3) is 0.391. The number of hydrogen-bond acceptors (Lipinski definition) is 5. The van der Waals surface area contributed by atoms with E-state index in [-0.39, 0.29) is 35.9 Å². The molecule has 0 bridgehead atoms. The summed E-state index contributed by atoms with van der Waals surface area (Å²) in [5.74, 6) is -0.250. The summed E-state index contributed by atoms with van der Waals surface area (Å²) in [7, 11) is 0. The summed E-state index contributed by atoms with van der Waals surface area (Å²) in [6.45, 7) is 4.90. The van der Waals surface area contributed by atoms with Crippen molar-refractivity contribution in [3.05, 3.63) is 73.2 Å². The zero-order valence-electron chi connectivity index (χ0n) is 18.3. The quantitative estimate of drug-likeness (QED) is 0.456. The smallest absolute Gasteiger partial charge is 0.332 e. The second-order valence-corrected chi connectivity index (χ2v) is 7.93. The van der Waals surface area contributed by atoms with Crippen LogP contribution in [0.15, 0.2) is 50.8 Å². The Morgan fingerprint density at radius 1 is 0.906 bits per heavy atom. The number of aromatic hydroxyl groups is 1. The van der Waals surface area contributed by atoms with Crippen molar-refractivity contribution in [2.45, 2.75) is 59.2 Å². The fourth-order valence-electron chi connectivity index (χ4n) is 3.92. The SMILES string of the molecule is CCCCn1c(=O)c2c(nc3n(Cc4ccccc4)c(=O)cc(O)n23)n(CCCC)c1=O. The number of aromatic nitrogens is 5. The van der Waals surface area contributed by atoms with Gasteiger partial charge in [-0.1, -0.05) is 57.0 Å². The summed E-state index contributed by atoms with van der Waals surface area (Å²) in [6, 6.07) is 10.5. The number of nitrogens with zero attached hydrogens (tertiary/aromatic N) is 5. The predicted octanol–water partition coefficient (Wildman–Crippen LogP) is 2.33. The van der Waals surface area contributed by atoms with Gasteiger partial charge in [-0.05, 0) is 18.4 Å². The van der Waals surface area contributed by atoms with E-state index < -0.39 is 16.8 Å². The highest BCUT2D eigenvalue weighted by atomic mass is 16.3. The van der Waals surface area contributed by atoms with Crippen molar-refractivity contribution in [3.63, 3.8) is 0 Å². The molecule has 0 saturated heterocycles. The first-order valence-corrected chi connectivity index (χ1v) is 11.0. The fourth-order valence-corrected chi connectivity index (χ4v) is 3.92. The number of unbranched alkanes of at least 4 members (excludes halogenated alkanes) is 2. The molecule has 0 fully saturated rings. The normalized spacial score (nSPS) is 11.6. The standard InChI is InChI=1S/C23H27N5O4/c1-3-5-12-25-20-19(21(31)26(23(25)32)13-6-4-2)28-18(30)14-17(29)27(22(28)24-20)15-16-10-8-7-9-11-16/h7-11,14,30H,3-6,12-13,15H2,1-2H3. The molecule has 0 aliphatic heterocycles. The summed E-state index contributed by atoms with van der Waals surface area (Å²) in [5.41, 5.74) is -0.209. The van der Waals surface area contributed by atoms with Gasteiger partial charge < -0.3 is 5.11 Å². The van der Waals surface area contributed by atoms with Gasteiger partial charge in [0.15, 0.2) is 11.2 Å². The van der Waals surface area contributed by atoms with Crippen LogP contribution in [-0.4, -0.2) is 28.2 Å². The molecule has 0 radical (unpaired) electrons. The Bertz CT molecular complexity index is 1440. The first kappa shape index (κ1) is 21.6. The molecule has 168 valence electrons. The van der Waals surface area contributed by atoms with E-state index in [0.29, 0.717) is 13.0 Å². The molecule has 0 aliphatic rings. The van der Waals surface area contributed by atoms with E-state index in [1.807, 2.05) is 44.2 Å². The Balaban J connectivity index is 2.08. The van der Waals surface area contributed by atoms with Crippen LogP contribution < -0.4 is 16.8 Å². The first-order valence-electron chi connectivity index (χ1n) is 11.0. The number of rotatable bonds is 8. The summed E-state index contributed by atoms with van der Waals surface area (Å²) < 4.78 is 5.38. The van der Waals surface area contributed by atoms with Crippen LogP contribution >= 0.6 is 0 Å². The molecule has 0 spiro atoms. The molecule has 3 aromatic heterocycles. The zero-order chi connectivity index (χ0) is 22.8. The number of benzene rings is 1. The highest BCUT2D eigenvalue weighted by Gasteiger charge is 2.22. The van der Waals surface area contributed by atoms with Crippen LogP contribution in [0.25, 0.3) is 16.9 Å². The minimum Gasteiger partial charge on any atom is -0.494 e. The van der Waals surface area contributed by atoms with Crippen molar-refractivity contribution < 1.29 is 5.11 Å². The Morgan fingerprint density at radius 2 is 1.56 bits per heavy atom. The zero-order valence-corrected chi connectivity index (χ0v) is 18.3. The topological polar surface area (TPSA) is 104 Å². The van der Waals surface area contributed by atoms with E-state index in [2.05, 4.69) is 4.98 Å². The summed E-state index contributed by atoms with van der Waals surface area (Å²) >= 11 is 0. The molecule has 0 atom stereocenters. The van der Waals surface area contributed by atoms with Crippen molar-refractivity contribution in [3.8, 4) is 5.88 Å². The third kappa shape index (κ3) is 3.63. The molecule has 0 amide bonds. The molecule has 0 unspecified atom stereocenters. The van der Waals surface area contributed by atoms with Crippen LogP contribution in [0, 0.1) is 0 Å². The van der Waals surface area contributed by atoms with Gasteiger partial charge in [-0.3, -0.25) is 23.3 Å². The minimum atomic E-state index is -0.515. The molecule has 0 aliphatic carbocycles. The number of aryl methyl sites for hydroxylation is 1. The Morgan fingerprint density at radius 3 is 2.22 bits per heavy atom. The number of imidazole rings is 1. The molecule has 32 heavy (non-hydrogen) atoms. The molecular formula is C23H27N5O4. The minimum absolute atomic E-state index is 0.103. The molecule has 1 N–H and O–H groups in total. The molecule has 4 aromatic rings. The maximum absolute atomic E-state index is 13.4. The van der Waals surface area contributed by atoms with Gasteiger partial charge in [0.25, 0.3) is 11.1 Å². The summed E-state index contributed by atoms with van der Waals surface area (Å²) in [4.78, 5) is 43.8. The lowest BCUT2D eigenvalue weighted by molar-refractivity contribution is 0.442. The third-order valence-corrected chi connectivity index (χ3v) is 5.65. The van der Waals surface area contributed by atoms with Crippen LogP contribution in [0.2, 0.25) is 0 Å². The van der Waals surface area contributed by atoms with Crippen LogP contribution in [0.5, 0.6) is 5.88 Å². The summed E-state index contributed by atoms with van der Waals surface area (Å²) in [6.07, 6.45) is 3.10. The lowest BCUT2D eigenvalue weighted by Crippen LogP contribution is -2.40. The average molecular weight is 438 g/mol. The molecular weight excluding hydrogens is 410 g/mol. The van der Waals surface area contributed by atoms with E-state index in [0.717, 1.165) is 30.9 Å². The van der Waals surface area contributed by atoms with E-state index in [1.165, 1.54) is 18.1 Å². The molecule has 1 aromatic carbocycles. The van der Waals surface area contributed by atoms with Gasteiger partial charge in [0.1, 0.15) is 0 Å². The van der Waals surface area contributed by atoms with E-state index in [1.54, 1.807) is 0 Å². The molecule has 4 rings (SSSR count). The van der Waals surface area contributed by atoms with Crippen molar-refractivity contribution in [2.75, 3.05) is 0 Å². The van der Waals surface area contributed by atoms with Gasteiger partial charge in [-0.25, -0.2) is 9.20 Å². The van der Waals surface area contributed by atoms with Crippen molar-refractivity contribution in [1.82, 2.24) is 23.1 Å². The van der Waals surface area contributed by atoms with Crippen LogP contribution in [0.3, 0.4) is 0 Å². The molecule has 3 heterocycles. The molecule has 9 nitrogen and oxygen atoms in total. The van der Waals surface area contributed by atoms with E-state index in [9.17, 15) is 19.5 Å². The van der Waals surface area contributed by atoms with Gasteiger partial charge >= 0.3 is 5.69 Å². The highest BCUT2D eigenvalue weighted by molar-refractivity contribution is 5.76. The van der Waals surface area contributed by atoms with Crippen LogP contribution in [-0.2, 0) is 19.6 Å². The Labute approximate surface area is 183 Å². The monoisotopic (exact) mass is 437 g/mol. The first-order chi connectivity index (χ1) is 15.5. The molecule has 9 heteroatoms. The van der Waals surface area contributed by atoms with Crippen molar-refractivity contribution in [1.29, 1.82) is 0 Å². The summed E-state index contributed by atoms with van der Waals surface area (Å²) in [5, 5.41) is 10.6. The van der Waals surface area contributed by atoms with E-state index in [4.69, 9.17) is 0 Å². The van der Waals surface area contributed by atoms with Gasteiger partial charge in [-0.2, -0.15) is 4.98 Å². The second kappa shape index (κ2) is 8.86. The second-order valence-electron chi connectivity index (χ2n) is 7.93. The lowest BCUT2D eigenvalue weighted by Gasteiger charge is -2.11. The lowest BCUT2D eigenvalue weighted by atomic mass is 10.2. The third-order valence-electron chi connectivity index (χ3n) is 5.65. The van der Waals surface area contributed by atoms with Crippen molar-refractivity contribution in [2.24, 2.45) is 0 Å². The van der Waals surface area contributed by atoms with Crippen LogP contribution in [0.4, 0.5) is 0 Å². The number of fused-ring (bicyclic) bond motifs is 3. The van der Waals surface area contributed by atoms with E-state index >= 15 is 0 Å². The molecule has 0 saturated carbocycles. The van der Waals surface area contributed by atoms with Gasteiger partial charge in [0.05, 0.1) is 12.6 Å². The predicted molar refractivity (Wildman–Crippen MR) is 123 cm³/mol. The average Bonchev–Trinajstić information content (AvgIpc) is 3.18. The maximum atomic E-state index is 13.4.